The molecule has 1 aromatic heterocycles. The number of aromatic nitrogens is 2. The van der Waals surface area contributed by atoms with Gasteiger partial charge in [-0.25, -0.2) is 9.97 Å². The number of aryl methyl sites for hydroxylation is 1. The summed E-state index contributed by atoms with van der Waals surface area (Å²) in [5.74, 6) is 0.564. The third-order valence-corrected chi connectivity index (χ3v) is 4.12. The summed E-state index contributed by atoms with van der Waals surface area (Å²) in [5, 5.41) is 12.1. The lowest BCUT2D eigenvalue weighted by atomic mass is 10.2. The molecule has 0 radical (unpaired) electrons. The third kappa shape index (κ3) is 3.62. The van der Waals surface area contributed by atoms with Crippen LogP contribution in [0.25, 0.3) is 0 Å². The number of piperazine rings is 1. The SMILES string of the molecule is Cc1nc(N2CCN(C)CC2)ncc1C(=O)Nc1ccc(O)cc1. The fourth-order valence-electron chi connectivity index (χ4n) is 2.58. The molecule has 126 valence electrons. The Kier molecular flexibility index (Phi) is 4.61. The van der Waals surface area contributed by atoms with Gasteiger partial charge in [-0.05, 0) is 38.2 Å². The Balaban J connectivity index is 1.72. The van der Waals surface area contributed by atoms with Crippen LogP contribution in [0.2, 0.25) is 0 Å². The summed E-state index contributed by atoms with van der Waals surface area (Å²) in [6.45, 7) is 5.54. The van der Waals surface area contributed by atoms with Crippen LogP contribution < -0.4 is 10.2 Å². The molecule has 0 aliphatic carbocycles. The number of nitrogens with one attached hydrogen (secondary N) is 1. The summed E-state index contributed by atoms with van der Waals surface area (Å²) in [5.41, 5.74) is 1.71. The second-order valence-electron chi connectivity index (χ2n) is 5.96. The molecule has 3 rings (SSSR count). The standard InChI is InChI=1S/C17H21N5O2/c1-12-15(16(24)20-13-3-5-14(23)6-4-13)11-18-17(19-12)22-9-7-21(2)8-10-22/h3-6,11,23H,7-10H2,1-2H3,(H,20,24). The molecule has 0 unspecified atom stereocenters. The predicted molar refractivity (Wildman–Crippen MR) is 92.5 cm³/mol. The summed E-state index contributed by atoms with van der Waals surface area (Å²) in [7, 11) is 2.10. The molecular weight excluding hydrogens is 306 g/mol. The monoisotopic (exact) mass is 327 g/mol. The molecule has 0 atom stereocenters. The van der Waals surface area contributed by atoms with E-state index in [-0.39, 0.29) is 11.7 Å². The Morgan fingerprint density at radius 1 is 1.17 bits per heavy atom. The topological polar surface area (TPSA) is 81.6 Å². The molecule has 2 aromatic rings. The number of phenols is 1. The molecule has 0 saturated carbocycles. The minimum Gasteiger partial charge on any atom is -0.508 e. The molecule has 2 N–H and O–H groups in total. The van der Waals surface area contributed by atoms with Gasteiger partial charge in [-0.1, -0.05) is 0 Å². The van der Waals surface area contributed by atoms with Crippen LogP contribution in [0.3, 0.4) is 0 Å². The van der Waals surface area contributed by atoms with Gasteiger partial charge in [0.1, 0.15) is 5.75 Å². The number of benzene rings is 1. The van der Waals surface area contributed by atoms with Crippen LogP contribution in [0.4, 0.5) is 11.6 Å². The minimum atomic E-state index is -0.261. The largest absolute Gasteiger partial charge is 0.508 e. The number of amides is 1. The van der Waals surface area contributed by atoms with Crippen molar-refractivity contribution in [2.45, 2.75) is 6.92 Å². The maximum Gasteiger partial charge on any atom is 0.259 e. The average molecular weight is 327 g/mol. The normalized spacial score (nSPS) is 15.3. The lowest BCUT2D eigenvalue weighted by Gasteiger charge is -2.32. The van der Waals surface area contributed by atoms with Gasteiger partial charge < -0.3 is 20.2 Å². The first kappa shape index (κ1) is 16.2. The minimum absolute atomic E-state index is 0.157. The average Bonchev–Trinajstić information content (AvgIpc) is 2.57. The molecule has 2 heterocycles. The highest BCUT2D eigenvalue weighted by Gasteiger charge is 2.18. The second kappa shape index (κ2) is 6.84. The maximum atomic E-state index is 12.4. The maximum absolute atomic E-state index is 12.4. The Morgan fingerprint density at radius 3 is 2.46 bits per heavy atom. The number of anilines is 2. The van der Waals surface area contributed by atoms with E-state index in [2.05, 4.69) is 32.1 Å². The summed E-state index contributed by atoms with van der Waals surface area (Å²) in [4.78, 5) is 25.6. The fourth-order valence-corrected chi connectivity index (χ4v) is 2.58. The lowest BCUT2D eigenvalue weighted by molar-refractivity contribution is 0.102. The first-order chi connectivity index (χ1) is 11.5. The molecule has 0 spiro atoms. The zero-order valence-corrected chi connectivity index (χ0v) is 13.9. The van der Waals surface area contributed by atoms with Crippen LogP contribution in [0, 0.1) is 6.92 Å². The van der Waals surface area contributed by atoms with E-state index in [1.165, 1.54) is 12.1 Å². The molecule has 7 heteroatoms. The first-order valence-corrected chi connectivity index (χ1v) is 7.90. The molecule has 1 amide bonds. The van der Waals surface area contributed by atoms with Crippen LogP contribution in [0.15, 0.2) is 30.5 Å². The quantitative estimate of drug-likeness (QED) is 0.832. The van der Waals surface area contributed by atoms with E-state index in [9.17, 15) is 9.90 Å². The zero-order chi connectivity index (χ0) is 17.1. The summed E-state index contributed by atoms with van der Waals surface area (Å²) >= 11 is 0. The van der Waals surface area contributed by atoms with Crippen molar-refractivity contribution in [1.29, 1.82) is 0 Å². The van der Waals surface area contributed by atoms with E-state index < -0.39 is 0 Å². The van der Waals surface area contributed by atoms with E-state index in [1.807, 2.05) is 6.92 Å². The molecule has 0 bridgehead atoms. The number of phenolic OH excluding ortho intramolecular Hbond substituents is 1. The Morgan fingerprint density at radius 2 is 1.83 bits per heavy atom. The molecule has 24 heavy (non-hydrogen) atoms. The predicted octanol–water partition coefficient (Wildman–Crippen LogP) is 1.49. The van der Waals surface area contributed by atoms with E-state index in [4.69, 9.17) is 0 Å². The van der Waals surface area contributed by atoms with Gasteiger partial charge >= 0.3 is 0 Å². The van der Waals surface area contributed by atoms with Gasteiger partial charge in [-0.15, -0.1) is 0 Å². The zero-order valence-electron chi connectivity index (χ0n) is 13.9. The van der Waals surface area contributed by atoms with Crippen molar-refractivity contribution in [2.24, 2.45) is 0 Å². The van der Waals surface area contributed by atoms with E-state index in [0.29, 0.717) is 22.9 Å². The molecule has 1 aromatic carbocycles. The van der Waals surface area contributed by atoms with E-state index >= 15 is 0 Å². The molecule has 7 nitrogen and oxygen atoms in total. The van der Waals surface area contributed by atoms with Crippen molar-refractivity contribution in [3.05, 3.63) is 41.7 Å². The van der Waals surface area contributed by atoms with Crippen LogP contribution in [-0.2, 0) is 0 Å². The summed E-state index contributed by atoms with van der Waals surface area (Å²) in [6.07, 6.45) is 1.58. The number of carbonyl (C=O) groups is 1. The van der Waals surface area contributed by atoms with Gasteiger partial charge in [-0.2, -0.15) is 0 Å². The van der Waals surface area contributed by atoms with Crippen LogP contribution in [-0.4, -0.2) is 59.1 Å². The molecule has 1 saturated heterocycles. The fraction of sp³-hybridized carbons (Fsp3) is 0.353. The van der Waals surface area contributed by atoms with Crippen molar-refractivity contribution < 1.29 is 9.90 Å². The smallest absolute Gasteiger partial charge is 0.259 e. The summed E-state index contributed by atoms with van der Waals surface area (Å²) < 4.78 is 0. The van der Waals surface area contributed by atoms with Crippen LogP contribution in [0.1, 0.15) is 16.1 Å². The van der Waals surface area contributed by atoms with Crippen LogP contribution in [0.5, 0.6) is 5.75 Å². The number of hydrogen-bond donors (Lipinski definition) is 2. The molecule has 1 fully saturated rings. The number of carbonyl (C=O) groups excluding carboxylic acids is 1. The van der Waals surface area contributed by atoms with Crippen molar-refractivity contribution in [3.8, 4) is 5.75 Å². The van der Waals surface area contributed by atoms with Crippen molar-refractivity contribution in [1.82, 2.24) is 14.9 Å². The highest BCUT2D eigenvalue weighted by molar-refractivity contribution is 6.04. The Labute approximate surface area is 141 Å². The molecular formula is C17H21N5O2. The van der Waals surface area contributed by atoms with Crippen molar-refractivity contribution >= 4 is 17.5 Å². The van der Waals surface area contributed by atoms with Gasteiger partial charge in [-0.3, -0.25) is 4.79 Å². The third-order valence-electron chi connectivity index (χ3n) is 4.12. The van der Waals surface area contributed by atoms with Gasteiger partial charge in [0.05, 0.1) is 11.3 Å². The Bertz CT molecular complexity index is 724. The molecule has 1 aliphatic heterocycles. The number of aromatic hydroxyl groups is 1. The van der Waals surface area contributed by atoms with Crippen molar-refractivity contribution in [3.63, 3.8) is 0 Å². The first-order valence-electron chi connectivity index (χ1n) is 7.90. The van der Waals surface area contributed by atoms with Crippen LogP contribution >= 0.6 is 0 Å². The van der Waals surface area contributed by atoms with Gasteiger partial charge in [0.15, 0.2) is 0 Å². The van der Waals surface area contributed by atoms with E-state index in [1.54, 1.807) is 18.3 Å². The number of nitrogens with zero attached hydrogens (tertiary/aromatic N) is 4. The van der Waals surface area contributed by atoms with E-state index in [0.717, 1.165) is 26.2 Å². The van der Waals surface area contributed by atoms with Gasteiger partial charge in [0.25, 0.3) is 5.91 Å². The number of likely N-dealkylation sites (N-methyl/N-ethyl adjacent to an activating group) is 1. The van der Waals surface area contributed by atoms with Crippen molar-refractivity contribution in [2.75, 3.05) is 43.4 Å². The second-order valence-corrected chi connectivity index (χ2v) is 5.96. The van der Waals surface area contributed by atoms with Gasteiger partial charge in [0.2, 0.25) is 5.95 Å². The Hall–Kier alpha value is -2.67. The highest BCUT2D eigenvalue weighted by Crippen LogP contribution is 2.17. The molecule has 1 aliphatic rings. The number of hydrogen-bond acceptors (Lipinski definition) is 6. The summed E-state index contributed by atoms with van der Waals surface area (Å²) in [6, 6.07) is 6.33. The lowest BCUT2D eigenvalue weighted by Crippen LogP contribution is -2.45. The number of rotatable bonds is 3. The highest BCUT2D eigenvalue weighted by atomic mass is 16.3. The van der Waals surface area contributed by atoms with Gasteiger partial charge in [0, 0.05) is 38.1 Å².